The minimum absolute atomic E-state index is 0. The zero-order valence-corrected chi connectivity index (χ0v) is 4.90. The Kier molecular flexibility index (Phi) is 1100. The van der Waals surface area contributed by atoms with Crippen LogP contribution in [0.25, 0.3) is 0 Å². The first-order valence-electron chi connectivity index (χ1n) is 0. The van der Waals surface area contributed by atoms with E-state index >= 15 is 0 Å². The van der Waals surface area contributed by atoms with Gasteiger partial charge in [0.2, 0.25) is 0 Å². The van der Waals surface area contributed by atoms with E-state index in [1.54, 1.807) is 0 Å². The van der Waals surface area contributed by atoms with Gasteiger partial charge in [0, 0.05) is 0 Å². The summed E-state index contributed by atoms with van der Waals surface area (Å²) in [6, 6.07) is 0. The molecule has 8 heavy (non-hydrogen) atoms. The molecular weight excluding hydrogens is 432 g/mol. The average Bonchev–Trinajstić information content (AvgIpc) is 0. The van der Waals surface area contributed by atoms with Gasteiger partial charge in [-0.25, -0.2) is 0 Å². The Balaban J connectivity index is 0. The second-order valence-corrected chi connectivity index (χ2v) is 0. The van der Waals surface area contributed by atoms with Gasteiger partial charge >= 0.3 is 70.4 Å². The van der Waals surface area contributed by atoms with Gasteiger partial charge in [0.1, 0.15) is 0 Å². The van der Waals surface area contributed by atoms with Crippen molar-refractivity contribution in [3.05, 3.63) is 0 Å². The maximum absolute atomic E-state index is 0. The van der Waals surface area contributed by atoms with Gasteiger partial charge in [0.25, 0.3) is 0 Å². The Labute approximate surface area is 118 Å². The minimum atomic E-state index is 0. The van der Waals surface area contributed by atoms with Crippen molar-refractivity contribution in [1.29, 1.82) is 0 Å². The topological polar surface area (TPSA) is 0 Å². The maximum atomic E-state index is 0. The summed E-state index contributed by atoms with van der Waals surface area (Å²) in [6.07, 6.45) is 0. The van der Waals surface area contributed by atoms with Crippen LogP contribution in [0.15, 0.2) is 0 Å². The van der Waals surface area contributed by atoms with Crippen molar-refractivity contribution < 1.29 is 0 Å². The Morgan fingerprint density at radius 3 is 0.250 bits per heavy atom. The van der Waals surface area contributed by atoms with Crippen LogP contribution in [0, 0.1) is 0 Å². The van der Waals surface area contributed by atoms with Crippen molar-refractivity contribution in [2.45, 2.75) is 0 Å². The Morgan fingerprint density at radius 2 is 0.250 bits per heavy atom. The molecule has 0 rings (SSSR count). The third-order valence-corrected chi connectivity index (χ3v) is 0. The van der Waals surface area contributed by atoms with Gasteiger partial charge in [-0.1, -0.05) is 0 Å². The summed E-state index contributed by atoms with van der Waals surface area (Å²) >= 11 is 0. The quantitative estimate of drug-likeness (QED) is 0.328. The predicted octanol–water partition coefficient (Wildman–Crippen LogP) is -4.12. The monoisotopic (exact) mass is 456 g/mol. The first-order valence-corrected chi connectivity index (χ1v) is 0. The standard InChI is InChI=1S/4ClH.4GeH4/h4*1H;4*1H4. The van der Waals surface area contributed by atoms with E-state index in [4.69, 9.17) is 0 Å². The van der Waals surface area contributed by atoms with E-state index in [0.29, 0.717) is 0 Å². The molecule has 0 aromatic heterocycles. The number of rotatable bonds is 0. The molecule has 0 unspecified atom stereocenters. The van der Waals surface area contributed by atoms with E-state index in [-0.39, 0.29) is 120 Å². The van der Waals surface area contributed by atoms with Crippen LogP contribution >= 0.6 is 49.6 Å². The molecule has 64 valence electrons. The van der Waals surface area contributed by atoms with Crippen LogP contribution in [0.4, 0.5) is 0 Å². The van der Waals surface area contributed by atoms with E-state index in [0.717, 1.165) is 0 Å². The first-order chi connectivity index (χ1) is 0. The molecule has 0 amide bonds. The summed E-state index contributed by atoms with van der Waals surface area (Å²) in [5, 5.41) is 0. The molecule has 0 bridgehead atoms. The normalized spacial score (nSPS) is 0. The summed E-state index contributed by atoms with van der Waals surface area (Å²) in [5.41, 5.74) is 0. The fourth-order valence-corrected chi connectivity index (χ4v) is 0. The Bertz CT molecular complexity index is 8.00. The van der Waals surface area contributed by atoms with Crippen LogP contribution in [0.3, 0.4) is 0 Å². The molecule has 8 heteroatoms. The van der Waals surface area contributed by atoms with E-state index in [1.807, 2.05) is 0 Å². The third-order valence-electron chi connectivity index (χ3n) is 0. The molecule has 0 spiro atoms. The van der Waals surface area contributed by atoms with Gasteiger partial charge in [-0.3, -0.25) is 0 Å². The van der Waals surface area contributed by atoms with Crippen LogP contribution in [-0.2, 0) is 0 Å². The number of hydrogen-bond donors (Lipinski definition) is 0. The average molecular weight is 452 g/mol. The van der Waals surface area contributed by atoms with Crippen molar-refractivity contribution in [2.24, 2.45) is 0 Å². The van der Waals surface area contributed by atoms with Crippen molar-refractivity contribution in [3.63, 3.8) is 0 Å². The van der Waals surface area contributed by atoms with Crippen molar-refractivity contribution in [2.75, 3.05) is 0 Å². The summed E-state index contributed by atoms with van der Waals surface area (Å²) in [6.45, 7) is 0. The van der Waals surface area contributed by atoms with Crippen LogP contribution in [0.5, 0.6) is 0 Å². The SMILES string of the molecule is Cl.Cl.Cl.Cl.[GeH4].[GeH4].[GeH4].[GeH4]. The van der Waals surface area contributed by atoms with Gasteiger partial charge in [0.05, 0.1) is 0 Å². The summed E-state index contributed by atoms with van der Waals surface area (Å²) in [7, 11) is 0. The second kappa shape index (κ2) is 81.1. The fraction of sp³-hybridized carbons (Fsp3) is 0. The van der Waals surface area contributed by atoms with Gasteiger partial charge in [-0.2, -0.15) is 0 Å². The van der Waals surface area contributed by atoms with Crippen LogP contribution in [0.1, 0.15) is 0 Å². The van der Waals surface area contributed by atoms with Crippen LogP contribution < -0.4 is 0 Å². The molecule has 0 atom stereocenters. The second-order valence-electron chi connectivity index (χ2n) is 0. The van der Waals surface area contributed by atoms with Crippen molar-refractivity contribution >= 4 is 120 Å². The van der Waals surface area contributed by atoms with Gasteiger partial charge < -0.3 is 0 Å². The molecule has 0 heterocycles. The molecule has 0 saturated heterocycles. The molecule has 0 nitrogen and oxygen atoms in total. The summed E-state index contributed by atoms with van der Waals surface area (Å²) in [5.74, 6) is 0. The van der Waals surface area contributed by atoms with E-state index < -0.39 is 0 Å². The third kappa shape index (κ3) is 58.4. The molecule has 0 saturated carbocycles. The molecular formula is H20Cl4Ge4. The number of halogens is 4. The summed E-state index contributed by atoms with van der Waals surface area (Å²) < 4.78 is 0. The van der Waals surface area contributed by atoms with Crippen LogP contribution in [0.2, 0.25) is 0 Å². The Hall–Kier alpha value is 3.33. The molecule has 0 aliphatic heterocycles. The zero-order chi connectivity index (χ0) is 0. The molecule has 0 aliphatic carbocycles. The first kappa shape index (κ1) is 109. The molecule has 0 aromatic rings. The Morgan fingerprint density at radius 1 is 0.250 bits per heavy atom. The van der Waals surface area contributed by atoms with Gasteiger partial charge in [-0.15, -0.1) is 49.6 Å². The molecule has 0 aromatic carbocycles. The van der Waals surface area contributed by atoms with Gasteiger partial charge in [-0.05, 0) is 0 Å². The molecule has 0 aliphatic rings. The van der Waals surface area contributed by atoms with Gasteiger partial charge in [0.15, 0.2) is 0 Å². The fourth-order valence-electron chi connectivity index (χ4n) is 0. The molecule has 0 N–H and O–H groups in total. The van der Waals surface area contributed by atoms with Crippen molar-refractivity contribution in [1.82, 2.24) is 0 Å². The molecule has 0 fully saturated rings. The van der Waals surface area contributed by atoms with Crippen molar-refractivity contribution in [3.8, 4) is 0 Å². The van der Waals surface area contributed by atoms with E-state index in [2.05, 4.69) is 0 Å². The van der Waals surface area contributed by atoms with Crippen LogP contribution in [-0.4, -0.2) is 70.4 Å². The zero-order valence-electron chi connectivity index (χ0n) is 1.63. The molecule has 0 radical (unpaired) electrons. The predicted molar refractivity (Wildman–Crippen MR) is 74.3 cm³/mol. The summed E-state index contributed by atoms with van der Waals surface area (Å²) in [4.78, 5) is 0. The van der Waals surface area contributed by atoms with E-state index in [1.165, 1.54) is 0 Å². The van der Waals surface area contributed by atoms with E-state index in [9.17, 15) is 0 Å². The number of hydrogen-bond acceptors (Lipinski definition) is 0.